The van der Waals surface area contributed by atoms with Crippen molar-refractivity contribution in [3.05, 3.63) is 29.8 Å². The Labute approximate surface area is 84.0 Å². The highest BCUT2D eigenvalue weighted by molar-refractivity contribution is 5.83. The molecule has 1 aromatic rings. The number of benzene rings is 1. The maximum atomic E-state index is 5.61. The number of nitrogens with zero attached hydrogens (tertiary/aromatic N) is 2. The minimum absolute atomic E-state index is 0.543. The molecular weight excluding hydrogens is 176 g/mol. The first-order valence-corrected chi connectivity index (χ1v) is 4.91. The van der Waals surface area contributed by atoms with E-state index in [1.165, 1.54) is 0 Å². The van der Waals surface area contributed by atoms with Crippen molar-refractivity contribution in [2.24, 2.45) is 5.10 Å². The molecule has 1 heterocycles. The Kier molecular flexibility index (Phi) is 2.68. The first-order chi connectivity index (χ1) is 6.90. The highest BCUT2D eigenvalue weighted by atomic mass is 16.5. The van der Waals surface area contributed by atoms with Crippen molar-refractivity contribution in [1.82, 2.24) is 5.01 Å². The van der Waals surface area contributed by atoms with Gasteiger partial charge in [-0.2, -0.15) is 5.10 Å². The summed E-state index contributed by atoms with van der Waals surface area (Å²) in [5.74, 6) is 0.912. The largest absolute Gasteiger partial charge is 0.471 e. The minimum Gasteiger partial charge on any atom is -0.471 e. The summed E-state index contributed by atoms with van der Waals surface area (Å²) >= 11 is 0. The molecule has 0 fully saturated rings. The Bertz CT molecular complexity index is 336. The molecule has 0 saturated carbocycles. The summed E-state index contributed by atoms with van der Waals surface area (Å²) in [4.78, 5) is 0. The van der Waals surface area contributed by atoms with E-state index in [2.05, 4.69) is 12.0 Å². The Hall–Kier alpha value is -1.51. The zero-order valence-corrected chi connectivity index (χ0v) is 8.31. The fourth-order valence-electron chi connectivity index (χ4n) is 1.42. The van der Waals surface area contributed by atoms with Crippen LogP contribution in [0.4, 0.5) is 0 Å². The lowest BCUT2D eigenvalue weighted by Crippen LogP contribution is -2.22. The molecule has 14 heavy (non-hydrogen) atoms. The fourth-order valence-corrected chi connectivity index (χ4v) is 1.42. The van der Waals surface area contributed by atoms with Gasteiger partial charge in [-0.1, -0.05) is 19.1 Å². The van der Waals surface area contributed by atoms with Crippen LogP contribution in [0.2, 0.25) is 0 Å². The lowest BCUT2D eigenvalue weighted by molar-refractivity contribution is 0.134. The van der Waals surface area contributed by atoms with Gasteiger partial charge in [0, 0.05) is 12.1 Å². The highest BCUT2D eigenvalue weighted by Crippen LogP contribution is 2.18. The number of ether oxygens (including phenoxy) is 1. The summed E-state index contributed by atoms with van der Waals surface area (Å²) in [6.45, 7) is 3.61. The molecule has 1 aromatic carbocycles. The van der Waals surface area contributed by atoms with Gasteiger partial charge >= 0.3 is 0 Å². The topological polar surface area (TPSA) is 24.8 Å². The Morgan fingerprint density at radius 3 is 3.14 bits per heavy atom. The summed E-state index contributed by atoms with van der Waals surface area (Å²) in [7, 11) is 0. The number of rotatable bonds is 2. The second-order valence-corrected chi connectivity index (χ2v) is 3.29. The molecule has 0 atom stereocenters. The van der Waals surface area contributed by atoms with Gasteiger partial charge in [0.15, 0.2) is 6.73 Å². The van der Waals surface area contributed by atoms with Gasteiger partial charge in [0.25, 0.3) is 0 Å². The van der Waals surface area contributed by atoms with Crippen LogP contribution in [-0.4, -0.2) is 24.5 Å². The van der Waals surface area contributed by atoms with Crippen molar-refractivity contribution >= 4 is 6.21 Å². The van der Waals surface area contributed by atoms with Crippen LogP contribution in [0.25, 0.3) is 0 Å². The molecule has 0 bridgehead atoms. The number of fused-ring (bicyclic) bond motifs is 1. The molecule has 0 aliphatic carbocycles. The van der Waals surface area contributed by atoms with E-state index in [-0.39, 0.29) is 0 Å². The van der Waals surface area contributed by atoms with Crippen molar-refractivity contribution in [1.29, 1.82) is 0 Å². The van der Waals surface area contributed by atoms with Crippen LogP contribution in [-0.2, 0) is 0 Å². The van der Waals surface area contributed by atoms with Gasteiger partial charge < -0.3 is 4.74 Å². The summed E-state index contributed by atoms with van der Waals surface area (Å²) in [6, 6.07) is 7.94. The number of hydrogen-bond donors (Lipinski definition) is 0. The fraction of sp³-hybridized carbons (Fsp3) is 0.364. The zero-order valence-electron chi connectivity index (χ0n) is 8.31. The molecule has 3 heteroatoms. The second kappa shape index (κ2) is 4.13. The minimum atomic E-state index is 0.543. The van der Waals surface area contributed by atoms with E-state index < -0.39 is 0 Å². The van der Waals surface area contributed by atoms with Gasteiger partial charge in [-0.05, 0) is 18.6 Å². The molecule has 1 aliphatic heterocycles. The van der Waals surface area contributed by atoms with Crippen molar-refractivity contribution in [3.8, 4) is 5.75 Å². The van der Waals surface area contributed by atoms with Crippen molar-refractivity contribution < 1.29 is 4.74 Å². The summed E-state index contributed by atoms with van der Waals surface area (Å²) in [5.41, 5.74) is 1.05. The van der Waals surface area contributed by atoms with Crippen LogP contribution in [0, 0.1) is 0 Å². The molecule has 0 radical (unpaired) electrons. The van der Waals surface area contributed by atoms with Gasteiger partial charge in [0.2, 0.25) is 0 Å². The van der Waals surface area contributed by atoms with Crippen LogP contribution < -0.4 is 4.74 Å². The molecular formula is C11H14N2O. The number of hydrogen-bond acceptors (Lipinski definition) is 3. The average Bonchev–Trinajstić information content (AvgIpc) is 2.42. The first kappa shape index (κ1) is 9.06. The van der Waals surface area contributed by atoms with Crippen molar-refractivity contribution in [2.75, 3.05) is 13.3 Å². The molecule has 0 amide bonds. The number of hydrazone groups is 1. The maximum Gasteiger partial charge on any atom is 0.176 e. The second-order valence-electron chi connectivity index (χ2n) is 3.29. The van der Waals surface area contributed by atoms with Gasteiger partial charge in [0.05, 0.1) is 6.21 Å². The van der Waals surface area contributed by atoms with E-state index in [0.29, 0.717) is 6.73 Å². The van der Waals surface area contributed by atoms with Crippen LogP contribution >= 0.6 is 0 Å². The normalized spacial score (nSPS) is 14.5. The average molecular weight is 190 g/mol. The van der Waals surface area contributed by atoms with Crippen LogP contribution in [0.3, 0.4) is 0 Å². The van der Waals surface area contributed by atoms with E-state index in [0.717, 1.165) is 24.3 Å². The maximum absolute atomic E-state index is 5.61. The molecule has 3 nitrogen and oxygen atoms in total. The molecule has 74 valence electrons. The third-order valence-corrected chi connectivity index (χ3v) is 2.13. The Morgan fingerprint density at radius 1 is 1.43 bits per heavy atom. The van der Waals surface area contributed by atoms with Crippen molar-refractivity contribution in [2.45, 2.75) is 13.3 Å². The van der Waals surface area contributed by atoms with Crippen LogP contribution in [0.15, 0.2) is 29.4 Å². The first-order valence-electron chi connectivity index (χ1n) is 4.91. The quantitative estimate of drug-likeness (QED) is 0.713. The predicted octanol–water partition coefficient (Wildman–Crippen LogP) is 2.08. The lowest BCUT2D eigenvalue weighted by atomic mass is 10.2. The van der Waals surface area contributed by atoms with E-state index in [4.69, 9.17) is 4.74 Å². The summed E-state index contributed by atoms with van der Waals surface area (Å²) in [6.07, 6.45) is 2.94. The molecule has 0 N–H and O–H groups in total. The standard InChI is InChI=1S/C11H14N2O/c1-2-7-13-9-14-11-6-4-3-5-10(11)8-12-13/h3-6,8H,2,7,9H2,1H3. The van der Waals surface area contributed by atoms with Gasteiger partial charge in [-0.25, -0.2) is 0 Å². The van der Waals surface area contributed by atoms with E-state index in [1.807, 2.05) is 35.5 Å². The third-order valence-electron chi connectivity index (χ3n) is 2.13. The smallest absolute Gasteiger partial charge is 0.176 e. The van der Waals surface area contributed by atoms with Gasteiger partial charge in [0.1, 0.15) is 5.75 Å². The zero-order chi connectivity index (χ0) is 9.80. The number of para-hydroxylation sites is 1. The Balaban J connectivity index is 2.17. The van der Waals surface area contributed by atoms with Crippen LogP contribution in [0.1, 0.15) is 18.9 Å². The lowest BCUT2D eigenvalue weighted by Gasteiger charge is -2.15. The third kappa shape index (κ3) is 1.87. The summed E-state index contributed by atoms with van der Waals surface area (Å²) < 4.78 is 5.61. The molecule has 0 spiro atoms. The molecule has 0 unspecified atom stereocenters. The summed E-state index contributed by atoms with van der Waals surface area (Å²) in [5, 5.41) is 6.27. The van der Waals surface area contributed by atoms with E-state index >= 15 is 0 Å². The highest BCUT2D eigenvalue weighted by Gasteiger charge is 2.07. The SMILES string of the molecule is CCCN1COc2ccccc2C=N1. The molecule has 0 aromatic heterocycles. The molecule has 0 saturated heterocycles. The monoisotopic (exact) mass is 190 g/mol. The van der Waals surface area contributed by atoms with Crippen molar-refractivity contribution in [3.63, 3.8) is 0 Å². The predicted molar refractivity (Wildman–Crippen MR) is 56.5 cm³/mol. The van der Waals surface area contributed by atoms with E-state index in [1.54, 1.807) is 0 Å². The van der Waals surface area contributed by atoms with Gasteiger partial charge in [-0.3, -0.25) is 5.01 Å². The van der Waals surface area contributed by atoms with Crippen LogP contribution in [0.5, 0.6) is 5.75 Å². The Morgan fingerprint density at radius 2 is 2.29 bits per heavy atom. The molecule has 1 aliphatic rings. The van der Waals surface area contributed by atoms with E-state index in [9.17, 15) is 0 Å². The molecule has 2 rings (SSSR count). The van der Waals surface area contributed by atoms with Gasteiger partial charge in [-0.15, -0.1) is 0 Å².